The van der Waals surface area contributed by atoms with Gasteiger partial charge in [-0.25, -0.2) is 4.79 Å². The molecule has 0 aliphatic carbocycles. The summed E-state index contributed by atoms with van der Waals surface area (Å²) >= 11 is 0. The van der Waals surface area contributed by atoms with E-state index in [1.54, 1.807) is 7.05 Å². The normalized spacial score (nSPS) is 18.8. The summed E-state index contributed by atoms with van der Waals surface area (Å²) in [5, 5.41) is 24.2. The molecule has 0 unspecified atom stereocenters. The number of ether oxygens (including phenoxy) is 1. The van der Waals surface area contributed by atoms with Crippen molar-refractivity contribution in [3.8, 4) is 5.75 Å². The summed E-state index contributed by atoms with van der Waals surface area (Å²) in [5.41, 5.74) is 7.58. The Labute approximate surface area is 253 Å². The zero-order chi connectivity index (χ0) is 30.7. The number of carboxylic acid groups (broad SMARTS) is 1. The summed E-state index contributed by atoms with van der Waals surface area (Å²) in [7, 11) is 1.66. The molecule has 8 nitrogen and oxygen atoms in total. The number of likely N-dealkylation sites (N-methyl/N-ethyl adjacent to an activating group) is 1. The van der Waals surface area contributed by atoms with Gasteiger partial charge in [-0.2, -0.15) is 0 Å². The highest BCUT2D eigenvalue weighted by Gasteiger charge is 2.44. The fourth-order valence-electron chi connectivity index (χ4n) is 6.25. The molecule has 1 fully saturated rings. The van der Waals surface area contributed by atoms with Crippen molar-refractivity contribution in [3.63, 3.8) is 0 Å². The second kappa shape index (κ2) is 13.0. The van der Waals surface area contributed by atoms with Gasteiger partial charge in [0, 0.05) is 32.1 Å². The van der Waals surface area contributed by atoms with Crippen LogP contribution in [0, 0.1) is 20.8 Å². The Bertz CT molecular complexity index is 1500. The lowest BCUT2D eigenvalue weighted by Gasteiger charge is -2.46. The van der Waals surface area contributed by atoms with Gasteiger partial charge < -0.3 is 25.2 Å². The number of hydrogen-bond acceptors (Lipinski definition) is 5. The molecule has 0 saturated carbocycles. The number of nitrogens with one attached hydrogen (secondary N) is 1. The second-order valence-corrected chi connectivity index (χ2v) is 11.7. The van der Waals surface area contributed by atoms with Gasteiger partial charge in [0.1, 0.15) is 5.75 Å². The number of aliphatic hydroxyl groups is 1. The number of aliphatic hydroxyl groups excluding tert-OH is 1. The molecule has 2 aliphatic rings. The van der Waals surface area contributed by atoms with E-state index in [-0.39, 0.29) is 18.5 Å². The molecule has 5 rings (SSSR count). The third-order valence-corrected chi connectivity index (χ3v) is 8.79. The first-order valence-corrected chi connectivity index (χ1v) is 14.9. The van der Waals surface area contributed by atoms with Gasteiger partial charge in [0.15, 0.2) is 0 Å². The average molecular weight is 584 g/mol. The lowest BCUT2D eigenvalue weighted by atomic mass is 9.81. The highest BCUT2D eigenvalue weighted by molar-refractivity contribution is 6.03. The van der Waals surface area contributed by atoms with Crippen molar-refractivity contribution in [2.24, 2.45) is 0 Å². The zero-order valence-electron chi connectivity index (χ0n) is 25.3. The summed E-state index contributed by atoms with van der Waals surface area (Å²) in [6, 6.07) is 20.7. The molecule has 43 heavy (non-hydrogen) atoms. The Kier molecular flexibility index (Phi) is 9.18. The summed E-state index contributed by atoms with van der Waals surface area (Å²) in [5.74, 6) is 0.668. The molecule has 226 valence electrons. The summed E-state index contributed by atoms with van der Waals surface area (Å²) < 4.78 is 6.17. The van der Waals surface area contributed by atoms with E-state index in [0.29, 0.717) is 31.7 Å². The lowest BCUT2D eigenvalue weighted by Crippen LogP contribution is -2.63. The van der Waals surface area contributed by atoms with E-state index in [1.807, 2.05) is 42.5 Å². The molecule has 2 heterocycles. The topological polar surface area (TPSA) is 102 Å². The molecule has 3 aromatic carbocycles. The van der Waals surface area contributed by atoms with Crippen LogP contribution in [0.15, 0.2) is 72.3 Å². The van der Waals surface area contributed by atoms with Gasteiger partial charge in [-0.05, 0) is 66.1 Å². The SMILES string of the molecule is Cc1ccc(C)c(OCCc2ccc(C3=C(C(=O)N(C)C[C@@H](O)c4ccccc4)[C@H]4CNC[C@@H](C3)N4C(=O)O)cc2)c1C. The molecule has 8 heteroatoms. The van der Waals surface area contributed by atoms with Crippen molar-refractivity contribution in [1.29, 1.82) is 0 Å². The van der Waals surface area contributed by atoms with Crippen LogP contribution < -0.4 is 10.1 Å². The molecule has 3 aromatic rings. The van der Waals surface area contributed by atoms with Crippen molar-refractivity contribution in [3.05, 3.63) is 106 Å². The van der Waals surface area contributed by atoms with Gasteiger partial charge in [0.2, 0.25) is 0 Å². The minimum absolute atomic E-state index is 0.0924. The molecule has 3 N–H and O–H groups in total. The number of piperazine rings is 1. The van der Waals surface area contributed by atoms with Crippen LogP contribution >= 0.6 is 0 Å². The van der Waals surface area contributed by atoms with Crippen LogP contribution in [0.4, 0.5) is 4.79 Å². The molecule has 0 aromatic heterocycles. The van der Waals surface area contributed by atoms with Crippen molar-refractivity contribution >= 4 is 17.6 Å². The van der Waals surface area contributed by atoms with Crippen molar-refractivity contribution < 1.29 is 24.5 Å². The maximum Gasteiger partial charge on any atom is 0.408 e. The molecule has 2 bridgehead atoms. The number of hydrogen-bond donors (Lipinski definition) is 3. The van der Waals surface area contributed by atoms with Gasteiger partial charge in [-0.3, -0.25) is 9.69 Å². The Balaban J connectivity index is 1.39. The molecular weight excluding hydrogens is 542 g/mol. The molecule has 2 aliphatic heterocycles. The average Bonchev–Trinajstić information content (AvgIpc) is 3.00. The van der Waals surface area contributed by atoms with Crippen molar-refractivity contribution in [2.45, 2.75) is 51.8 Å². The fraction of sp³-hybridized carbons (Fsp3) is 0.371. The summed E-state index contributed by atoms with van der Waals surface area (Å²) in [6.45, 7) is 7.76. The van der Waals surface area contributed by atoms with Crippen LogP contribution in [0.2, 0.25) is 0 Å². The second-order valence-electron chi connectivity index (χ2n) is 11.7. The summed E-state index contributed by atoms with van der Waals surface area (Å²) in [4.78, 5) is 29.3. The lowest BCUT2D eigenvalue weighted by molar-refractivity contribution is -0.128. The number of fused-ring (bicyclic) bond motifs is 2. The van der Waals surface area contributed by atoms with E-state index in [4.69, 9.17) is 4.74 Å². The van der Waals surface area contributed by atoms with Gasteiger partial charge >= 0.3 is 6.09 Å². The molecule has 0 radical (unpaired) electrons. The monoisotopic (exact) mass is 583 g/mol. The number of carbonyl (C=O) groups excluding carboxylic acids is 1. The third kappa shape index (κ3) is 6.45. The van der Waals surface area contributed by atoms with E-state index in [1.165, 1.54) is 15.4 Å². The fourth-order valence-corrected chi connectivity index (χ4v) is 6.25. The minimum Gasteiger partial charge on any atom is -0.493 e. The standard InChI is InChI=1S/C35H41N3O5/c1-22-10-11-23(2)33(24(22)3)43-17-16-25-12-14-26(15-13-25)29-18-28-19-36-20-30(38(28)35(41)42)32(29)34(40)37(4)21-31(39)27-8-6-5-7-9-27/h5-15,28,30-31,36,39H,16-21H2,1-4H3,(H,41,42)/t28-,30-,31-/m1/s1. The highest BCUT2D eigenvalue weighted by atomic mass is 16.5. The van der Waals surface area contributed by atoms with Gasteiger partial charge in [-0.1, -0.05) is 66.7 Å². The Morgan fingerprint density at radius 2 is 1.70 bits per heavy atom. The third-order valence-electron chi connectivity index (χ3n) is 8.79. The van der Waals surface area contributed by atoms with E-state index >= 15 is 0 Å². The van der Waals surface area contributed by atoms with Crippen molar-refractivity contribution in [1.82, 2.24) is 15.1 Å². The van der Waals surface area contributed by atoms with Crippen LogP contribution in [-0.4, -0.2) is 77.4 Å². The molecular formula is C35H41N3O5. The Hall–Kier alpha value is -4.14. The number of aryl methyl sites for hydroxylation is 2. The number of amides is 2. The number of carbonyl (C=O) groups is 2. The van der Waals surface area contributed by atoms with E-state index in [9.17, 15) is 19.8 Å². The molecule has 0 spiro atoms. The Morgan fingerprint density at radius 1 is 1.00 bits per heavy atom. The smallest absolute Gasteiger partial charge is 0.408 e. The van der Waals surface area contributed by atoms with E-state index in [0.717, 1.165) is 45.6 Å². The first kappa shape index (κ1) is 30.3. The largest absolute Gasteiger partial charge is 0.493 e. The van der Waals surface area contributed by atoms with Gasteiger partial charge in [-0.15, -0.1) is 0 Å². The van der Waals surface area contributed by atoms with Gasteiger partial charge in [0.25, 0.3) is 5.91 Å². The molecule has 2 amide bonds. The highest BCUT2D eigenvalue weighted by Crippen LogP contribution is 2.38. The predicted octanol–water partition coefficient (Wildman–Crippen LogP) is 4.90. The number of rotatable bonds is 9. The van der Waals surface area contributed by atoms with Gasteiger partial charge in [0.05, 0.1) is 31.3 Å². The maximum absolute atomic E-state index is 14.0. The van der Waals surface area contributed by atoms with Crippen LogP contribution in [0.1, 0.15) is 45.9 Å². The number of nitrogens with zero attached hydrogens (tertiary/aromatic N) is 2. The van der Waals surface area contributed by atoms with Crippen LogP contribution in [0.25, 0.3) is 5.57 Å². The van der Waals surface area contributed by atoms with Crippen LogP contribution in [-0.2, 0) is 11.2 Å². The quantitative estimate of drug-likeness (QED) is 0.331. The predicted molar refractivity (Wildman–Crippen MR) is 167 cm³/mol. The Morgan fingerprint density at radius 3 is 2.40 bits per heavy atom. The minimum atomic E-state index is -1.03. The summed E-state index contributed by atoms with van der Waals surface area (Å²) in [6.07, 6.45) is -0.716. The first-order valence-electron chi connectivity index (χ1n) is 14.9. The van der Waals surface area contributed by atoms with Crippen molar-refractivity contribution in [2.75, 3.05) is 33.3 Å². The molecule has 3 atom stereocenters. The number of benzene rings is 3. The maximum atomic E-state index is 14.0. The molecule has 1 saturated heterocycles. The zero-order valence-corrected chi connectivity index (χ0v) is 25.3. The van der Waals surface area contributed by atoms with E-state index in [2.05, 4.69) is 50.4 Å². The van der Waals surface area contributed by atoms with Crippen LogP contribution in [0.5, 0.6) is 5.75 Å². The van der Waals surface area contributed by atoms with Crippen LogP contribution in [0.3, 0.4) is 0 Å². The first-order chi connectivity index (χ1) is 20.7. The van der Waals surface area contributed by atoms with E-state index < -0.39 is 18.2 Å².